The van der Waals surface area contributed by atoms with Crippen LogP contribution in [0.2, 0.25) is 0 Å². The quantitative estimate of drug-likeness (QED) is 0.680. The van der Waals surface area contributed by atoms with Gasteiger partial charge >= 0.3 is 0 Å². The summed E-state index contributed by atoms with van der Waals surface area (Å²) in [4.78, 5) is 13.2. The number of anilines is 2. The van der Waals surface area contributed by atoms with E-state index in [0.717, 1.165) is 42.9 Å². The molecular weight excluding hydrogens is 428 g/mol. The van der Waals surface area contributed by atoms with Crippen molar-refractivity contribution in [3.8, 4) is 0 Å². The summed E-state index contributed by atoms with van der Waals surface area (Å²) >= 11 is 0. The lowest BCUT2D eigenvalue weighted by Crippen LogP contribution is -2.49. The summed E-state index contributed by atoms with van der Waals surface area (Å²) in [5.41, 5.74) is -0.163. The molecule has 2 saturated heterocycles. The Morgan fingerprint density at radius 3 is 2.19 bits per heavy atom. The lowest BCUT2D eigenvalue weighted by Gasteiger charge is -2.35. The zero-order chi connectivity index (χ0) is 22.0. The minimum atomic E-state index is -3.77. The first kappa shape index (κ1) is 21.8. The molecule has 31 heavy (non-hydrogen) atoms. The van der Waals surface area contributed by atoms with Gasteiger partial charge in [-0.3, -0.25) is 0 Å². The predicted octanol–water partition coefficient (Wildman–Crippen LogP) is 1.55. The van der Waals surface area contributed by atoms with Crippen molar-refractivity contribution in [3.05, 3.63) is 47.3 Å². The van der Waals surface area contributed by atoms with Crippen molar-refractivity contribution in [1.29, 1.82) is 0 Å². The van der Waals surface area contributed by atoms with Gasteiger partial charge in [0.05, 0.1) is 19.0 Å². The highest BCUT2D eigenvalue weighted by atomic mass is 32.2. The van der Waals surface area contributed by atoms with E-state index in [1.807, 2.05) is 17.9 Å². The topological polar surface area (TPSA) is 78.9 Å². The number of halogens is 2. The van der Waals surface area contributed by atoms with E-state index in [1.165, 1.54) is 4.31 Å². The minimum Gasteiger partial charge on any atom is -0.378 e. The zero-order valence-electron chi connectivity index (χ0n) is 17.3. The highest BCUT2D eigenvalue weighted by Gasteiger charge is 2.29. The van der Waals surface area contributed by atoms with E-state index in [9.17, 15) is 17.2 Å². The van der Waals surface area contributed by atoms with Crippen molar-refractivity contribution < 1.29 is 21.9 Å². The van der Waals surface area contributed by atoms with Crippen molar-refractivity contribution in [2.45, 2.75) is 12.7 Å². The Kier molecular flexibility index (Phi) is 6.35. The summed E-state index contributed by atoms with van der Waals surface area (Å²) in [5.74, 6) is 0.285. The van der Waals surface area contributed by atoms with Crippen LogP contribution >= 0.6 is 0 Å². The maximum absolute atomic E-state index is 13.9. The SMILES string of the molecule is Cc1nc(N2CCOCC2)cc(N2CCN(S(=O)(=O)Cc3cc(F)ccc3F)CC2)n1. The van der Waals surface area contributed by atoms with Crippen molar-refractivity contribution in [1.82, 2.24) is 14.3 Å². The first-order chi connectivity index (χ1) is 14.8. The van der Waals surface area contributed by atoms with Crippen LogP contribution in [0.5, 0.6) is 0 Å². The molecule has 2 aliphatic heterocycles. The second-order valence-corrected chi connectivity index (χ2v) is 9.58. The molecule has 0 saturated carbocycles. The molecule has 0 atom stereocenters. The Bertz CT molecular complexity index is 1040. The van der Waals surface area contributed by atoms with Gasteiger partial charge < -0.3 is 14.5 Å². The summed E-state index contributed by atoms with van der Waals surface area (Å²) in [5, 5.41) is 0. The molecule has 8 nitrogen and oxygen atoms in total. The van der Waals surface area contributed by atoms with Gasteiger partial charge in [0.25, 0.3) is 0 Å². The standard InChI is InChI=1S/C20H25F2N5O3S/c1-15-23-19(13-20(24-15)26-8-10-30-11-9-26)25-4-6-27(7-5-25)31(28,29)14-16-12-17(21)2-3-18(16)22/h2-3,12-13H,4-11,14H2,1H3. The third-order valence-corrected chi connectivity index (χ3v) is 7.28. The summed E-state index contributed by atoms with van der Waals surface area (Å²) < 4.78 is 59.5. The maximum atomic E-state index is 13.9. The number of hydrogen-bond acceptors (Lipinski definition) is 7. The Hall–Kier alpha value is -2.37. The van der Waals surface area contributed by atoms with Gasteiger partial charge in [0.15, 0.2) is 0 Å². The maximum Gasteiger partial charge on any atom is 0.218 e. The number of hydrogen-bond donors (Lipinski definition) is 0. The van der Waals surface area contributed by atoms with Gasteiger partial charge in [-0.15, -0.1) is 0 Å². The van der Waals surface area contributed by atoms with Crippen LogP contribution in [0.1, 0.15) is 11.4 Å². The lowest BCUT2D eigenvalue weighted by atomic mass is 10.2. The molecule has 0 spiro atoms. The van der Waals surface area contributed by atoms with E-state index >= 15 is 0 Å². The molecule has 0 aliphatic carbocycles. The molecular formula is C20H25F2N5O3S. The molecule has 0 unspecified atom stereocenters. The lowest BCUT2D eigenvalue weighted by molar-refractivity contribution is 0.122. The van der Waals surface area contributed by atoms with E-state index in [2.05, 4.69) is 14.9 Å². The Balaban J connectivity index is 1.43. The van der Waals surface area contributed by atoms with Gasteiger partial charge in [-0.1, -0.05) is 0 Å². The monoisotopic (exact) mass is 453 g/mol. The number of nitrogens with zero attached hydrogens (tertiary/aromatic N) is 5. The summed E-state index contributed by atoms with van der Waals surface area (Å²) in [6, 6.07) is 4.77. The second kappa shape index (κ2) is 9.01. The molecule has 2 aliphatic rings. The summed E-state index contributed by atoms with van der Waals surface area (Å²) in [7, 11) is -3.77. The fourth-order valence-electron chi connectivity index (χ4n) is 3.79. The largest absolute Gasteiger partial charge is 0.378 e. The summed E-state index contributed by atoms with van der Waals surface area (Å²) in [6.45, 7) is 6.05. The van der Waals surface area contributed by atoms with E-state index < -0.39 is 27.4 Å². The number of ether oxygens (including phenoxy) is 1. The Morgan fingerprint density at radius 2 is 1.55 bits per heavy atom. The summed E-state index contributed by atoms with van der Waals surface area (Å²) in [6.07, 6.45) is 0. The van der Waals surface area contributed by atoms with Gasteiger partial charge in [-0.05, 0) is 25.1 Å². The molecule has 0 bridgehead atoms. The van der Waals surface area contributed by atoms with E-state index in [1.54, 1.807) is 0 Å². The van der Waals surface area contributed by atoms with Crippen LogP contribution in [0.15, 0.2) is 24.3 Å². The highest BCUT2D eigenvalue weighted by molar-refractivity contribution is 7.88. The van der Waals surface area contributed by atoms with Gasteiger partial charge in [0.2, 0.25) is 10.0 Å². The molecule has 0 amide bonds. The number of sulfonamides is 1. The van der Waals surface area contributed by atoms with Gasteiger partial charge in [-0.2, -0.15) is 4.31 Å². The fraction of sp³-hybridized carbons (Fsp3) is 0.500. The Morgan fingerprint density at radius 1 is 0.935 bits per heavy atom. The number of aryl methyl sites for hydroxylation is 1. The van der Waals surface area contributed by atoms with Crippen LogP contribution in [-0.4, -0.2) is 75.2 Å². The fourth-order valence-corrected chi connectivity index (χ4v) is 5.31. The van der Waals surface area contributed by atoms with Crippen molar-refractivity contribution in [3.63, 3.8) is 0 Å². The third kappa shape index (κ3) is 5.10. The molecule has 11 heteroatoms. The van der Waals surface area contributed by atoms with Gasteiger partial charge in [-0.25, -0.2) is 27.2 Å². The molecule has 1 aromatic carbocycles. The number of piperazine rings is 1. The molecule has 1 aromatic heterocycles. The number of benzene rings is 1. The van der Waals surface area contributed by atoms with Crippen LogP contribution in [0, 0.1) is 18.6 Å². The molecule has 0 radical (unpaired) electrons. The first-order valence-corrected chi connectivity index (χ1v) is 11.8. The number of morpholine rings is 1. The molecule has 0 N–H and O–H groups in total. The van der Waals surface area contributed by atoms with E-state index in [4.69, 9.17) is 4.74 Å². The van der Waals surface area contributed by atoms with Crippen LogP contribution in [0.25, 0.3) is 0 Å². The smallest absolute Gasteiger partial charge is 0.218 e. The second-order valence-electron chi connectivity index (χ2n) is 7.61. The minimum absolute atomic E-state index is 0.163. The molecule has 168 valence electrons. The van der Waals surface area contributed by atoms with Gasteiger partial charge in [0.1, 0.15) is 29.1 Å². The third-order valence-electron chi connectivity index (χ3n) is 5.45. The molecule has 2 fully saturated rings. The highest BCUT2D eigenvalue weighted by Crippen LogP contribution is 2.23. The molecule has 3 heterocycles. The zero-order valence-corrected chi connectivity index (χ0v) is 18.1. The number of rotatable bonds is 5. The number of aromatic nitrogens is 2. The van der Waals surface area contributed by atoms with E-state index in [-0.39, 0.29) is 18.7 Å². The molecule has 2 aromatic rings. The van der Waals surface area contributed by atoms with Crippen LogP contribution in [0.3, 0.4) is 0 Å². The van der Waals surface area contributed by atoms with Crippen molar-refractivity contribution >= 4 is 21.7 Å². The predicted molar refractivity (Wildman–Crippen MR) is 113 cm³/mol. The van der Waals surface area contributed by atoms with E-state index in [0.29, 0.717) is 32.1 Å². The van der Waals surface area contributed by atoms with Crippen LogP contribution in [-0.2, 0) is 20.5 Å². The Labute approximate surface area is 180 Å². The van der Waals surface area contributed by atoms with Crippen LogP contribution < -0.4 is 9.80 Å². The van der Waals surface area contributed by atoms with Gasteiger partial charge in [0, 0.05) is 50.9 Å². The van der Waals surface area contributed by atoms with Crippen LogP contribution in [0.4, 0.5) is 20.4 Å². The first-order valence-electron chi connectivity index (χ1n) is 10.2. The van der Waals surface area contributed by atoms with Crippen molar-refractivity contribution in [2.75, 3.05) is 62.3 Å². The normalized spacial score (nSPS) is 18.4. The average molecular weight is 454 g/mol. The average Bonchev–Trinajstić information content (AvgIpc) is 2.76. The van der Waals surface area contributed by atoms with Crippen molar-refractivity contribution in [2.24, 2.45) is 0 Å². The molecule has 4 rings (SSSR count).